The zero-order valence-corrected chi connectivity index (χ0v) is 16.2. The van der Waals surface area contributed by atoms with Gasteiger partial charge < -0.3 is 9.45 Å². The molecule has 2 aliphatic rings. The average molecular weight is 365 g/mol. The summed E-state index contributed by atoms with van der Waals surface area (Å²) in [5, 5.41) is -0.513. The van der Waals surface area contributed by atoms with Crippen LogP contribution in [-0.2, 0) is 25.8 Å². The molecule has 138 valence electrons. The summed E-state index contributed by atoms with van der Waals surface area (Å²) < 4.78 is 24.8. The molecular formula is C18H27N3O3S. The van der Waals surface area contributed by atoms with E-state index in [-0.39, 0.29) is 11.9 Å². The van der Waals surface area contributed by atoms with Crippen LogP contribution in [0, 0.1) is 5.92 Å². The van der Waals surface area contributed by atoms with E-state index < -0.39 is 20.2 Å². The van der Waals surface area contributed by atoms with E-state index in [2.05, 4.69) is 23.7 Å². The molecule has 3 heterocycles. The minimum absolute atomic E-state index is 0.255. The third kappa shape index (κ3) is 3.13. The molecule has 25 heavy (non-hydrogen) atoms. The maximum Gasteiger partial charge on any atom is 0.278 e. The lowest BCUT2D eigenvalue weighted by molar-refractivity contribution is -0.137. The number of hydrogen-bond acceptors (Lipinski definition) is 5. The fourth-order valence-electron chi connectivity index (χ4n) is 3.92. The molecule has 2 fully saturated rings. The first kappa shape index (κ1) is 18.5. The summed E-state index contributed by atoms with van der Waals surface area (Å²) in [5.74, 6) is 0.0451. The van der Waals surface area contributed by atoms with Crippen LogP contribution in [0.15, 0.2) is 24.5 Å². The smallest absolute Gasteiger partial charge is 0.278 e. The Balaban J connectivity index is 1.88. The Labute approximate surface area is 150 Å². The molecule has 0 N–H and O–H groups in total. The number of nitrogens with zero attached hydrogens (tertiary/aromatic N) is 3. The van der Waals surface area contributed by atoms with Crippen molar-refractivity contribution in [2.45, 2.75) is 50.3 Å². The molecule has 1 aromatic rings. The highest BCUT2D eigenvalue weighted by Crippen LogP contribution is 2.41. The van der Waals surface area contributed by atoms with Gasteiger partial charge in [0.25, 0.3) is 5.91 Å². The molecule has 2 aliphatic heterocycles. The third-order valence-corrected chi connectivity index (χ3v) is 8.17. The number of amides is 1. The van der Waals surface area contributed by atoms with E-state index in [0.29, 0.717) is 32.1 Å². The van der Waals surface area contributed by atoms with Gasteiger partial charge in [-0.1, -0.05) is 13.8 Å². The maximum atomic E-state index is 13.1. The summed E-state index contributed by atoms with van der Waals surface area (Å²) in [4.78, 5) is 20.9. The van der Waals surface area contributed by atoms with Crippen LogP contribution in [0.1, 0.15) is 33.3 Å². The molecule has 6 nitrogen and oxygen atoms in total. The van der Waals surface area contributed by atoms with Crippen molar-refractivity contribution in [1.82, 2.24) is 14.8 Å². The Morgan fingerprint density at radius 3 is 2.56 bits per heavy atom. The van der Waals surface area contributed by atoms with E-state index in [1.807, 2.05) is 17.0 Å². The van der Waals surface area contributed by atoms with Crippen molar-refractivity contribution < 1.29 is 13.6 Å². The van der Waals surface area contributed by atoms with E-state index in [4.69, 9.17) is 0 Å². The first-order valence-electron chi connectivity index (χ1n) is 8.80. The van der Waals surface area contributed by atoms with E-state index >= 15 is 0 Å². The van der Waals surface area contributed by atoms with Crippen molar-refractivity contribution in [3.63, 3.8) is 0 Å². The van der Waals surface area contributed by atoms with Gasteiger partial charge in [-0.2, -0.15) is 0 Å². The van der Waals surface area contributed by atoms with Gasteiger partial charge in [-0.15, -0.1) is 4.21 Å². The molecule has 3 atom stereocenters. The van der Waals surface area contributed by atoms with E-state index in [0.717, 1.165) is 5.56 Å². The number of fused-ring (bicyclic) bond motifs is 1. The van der Waals surface area contributed by atoms with Crippen LogP contribution in [0.3, 0.4) is 0 Å². The zero-order chi connectivity index (χ0) is 18.4. The molecule has 0 radical (unpaired) electrons. The van der Waals surface area contributed by atoms with Crippen LogP contribution in [0.25, 0.3) is 0 Å². The average Bonchev–Trinajstić information content (AvgIpc) is 2.96. The monoisotopic (exact) mass is 365 g/mol. The van der Waals surface area contributed by atoms with Crippen LogP contribution in [-0.4, -0.2) is 60.9 Å². The fourth-order valence-corrected chi connectivity index (χ4v) is 6.09. The molecule has 0 spiro atoms. The SMILES string of the molecule is CC(C)CN1C(=O)C(C)(C)[S+](=O)([O-])[C@@H]2CN(Cc3ccncc3)C[C@@H]21. The number of pyridine rings is 1. The molecule has 7 heteroatoms. The Morgan fingerprint density at radius 1 is 1.32 bits per heavy atom. The Morgan fingerprint density at radius 2 is 1.96 bits per heavy atom. The predicted octanol–water partition coefficient (Wildman–Crippen LogP) is 1.54. The number of carbonyl (C=O) groups excluding carboxylic acids is 1. The predicted molar refractivity (Wildman–Crippen MR) is 96.5 cm³/mol. The molecule has 0 aromatic carbocycles. The lowest BCUT2D eigenvalue weighted by Crippen LogP contribution is -2.68. The Kier molecular flexibility index (Phi) is 4.77. The summed E-state index contributed by atoms with van der Waals surface area (Å²) in [7, 11) is -3.53. The van der Waals surface area contributed by atoms with Crippen molar-refractivity contribution in [2.24, 2.45) is 5.92 Å². The van der Waals surface area contributed by atoms with Gasteiger partial charge in [0.1, 0.15) is 0 Å². The summed E-state index contributed by atoms with van der Waals surface area (Å²) in [6.07, 6.45) is 3.49. The minimum Gasteiger partial charge on any atom is -0.614 e. The number of likely N-dealkylation sites (tertiary alicyclic amines) is 1. The van der Waals surface area contributed by atoms with Gasteiger partial charge in [-0.05, 0) is 37.5 Å². The molecule has 3 rings (SSSR count). The standard InChI is InChI=1S/C18H27N3O3S/c1-13(2)9-21-15-11-20(10-14-5-7-19-8-6-14)12-16(15)25(23,24)18(3,4)17(21)22/h5-8,13,15-16H,9-12H2,1-4H3/t15-,16+/m0/s1. The van der Waals surface area contributed by atoms with Gasteiger partial charge in [0.05, 0.1) is 16.3 Å². The normalized spacial score (nSPS) is 32.2. The second kappa shape index (κ2) is 6.45. The van der Waals surface area contributed by atoms with E-state index in [9.17, 15) is 13.6 Å². The summed E-state index contributed by atoms with van der Waals surface area (Å²) in [6.45, 7) is 9.57. The largest absolute Gasteiger partial charge is 0.614 e. The lowest BCUT2D eigenvalue weighted by Gasteiger charge is -2.47. The van der Waals surface area contributed by atoms with Crippen LogP contribution in [0.2, 0.25) is 0 Å². The molecule has 1 unspecified atom stereocenters. The summed E-state index contributed by atoms with van der Waals surface area (Å²) >= 11 is 0. The van der Waals surface area contributed by atoms with Crippen molar-refractivity contribution in [2.75, 3.05) is 19.6 Å². The number of sulfone groups is 1. The van der Waals surface area contributed by atoms with Crippen LogP contribution in [0.5, 0.6) is 0 Å². The quantitative estimate of drug-likeness (QED) is 0.757. The summed E-state index contributed by atoms with van der Waals surface area (Å²) in [6, 6.07) is 3.63. The summed E-state index contributed by atoms with van der Waals surface area (Å²) in [5.41, 5.74) is 1.10. The minimum atomic E-state index is -3.53. The lowest BCUT2D eigenvalue weighted by atomic mass is 10.1. The van der Waals surface area contributed by atoms with Gasteiger partial charge >= 0.3 is 0 Å². The first-order chi connectivity index (χ1) is 11.6. The second-order valence-corrected chi connectivity index (χ2v) is 10.8. The van der Waals surface area contributed by atoms with Crippen LogP contribution in [0.4, 0.5) is 0 Å². The maximum absolute atomic E-state index is 13.1. The molecule has 1 aromatic heterocycles. The van der Waals surface area contributed by atoms with Gasteiger partial charge in [0.2, 0.25) is 4.75 Å². The highest BCUT2D eigenvalue weighted by Gasteiger charge is 2.63. The van der Waals surface area contributed by atoms with Gasteiger partial charge in [-0.25, -0.2) is 0 Å². The highest BCUT2D eigenvalue weighted by atomic mass is 32.3. The Bertz CT molecular complexity index is 692. The second-order valence-electron chi connectivity index (χ2n) is 8.06. The fraction of sp³-hybridized carbons (Fsp3) is 0.667. The number of rotatable bonds is 4. The Hall–Kier alpha value is -1.31. The number of hydrogen-bond donors (Lipinski definition) is 0. The van der Waals surface area contributed by atoms with E-state index in [1.165, 1.54) is 0 Å². The molecule has 1 amide bonds. The molecule has 0 bridgehead atoms. The molecular weight excluding hydrogens is 338 g/mol. The van der Waals surface area contributed by atoms with Crippen LogP contribution < -0.4 is 0 Å². The number of carbonyl (C=O) groups is 1. The topological polar surface area (TPSA) is 76.6 Å². The van der Waals surface area contributed by atoms with Gasteiger partial charge in [0.15, 0.2) is 5.25 Å². The molecule has 0 saturated carbocycles. The highest BCUT2D eigenvalue weighted by molar-refractivity contribution is 8.00. The van der Waals surface area contributed by atoms with Crippen molar-refractivity contribution >= 4 is 16.1 Å². The number of aromatic nitrogens is 1. The molecule has 0 aliphatic carbocycles. The zero-order valence-electron chi connectivity index (χ0n) is 15.3. The molecule has 2 saturated heterocycles. The van der Waals surface area contributed by atoms with E-state index in [1.54, 1.807) is 26.2 Å². The third-order valence-electron chi connectivity index (χ3n) is 5.32. The van der Waals surface area contributed by atoms with Crippen molar-refractivity contribution in [3.8, 4) is 0 Å². The first-order valence-corrected chi connectivity index (χ1v) is 10.3. The van der Waals surface area contributed by atoms with Gasteiger partial charge in [-0.3, -0.25) is 14.7 Å². The van der Waals surface area contributed by atoms with Crippen molar-refractivity contribution in [1.29, 1.82) is 0 Å². The van der Waals surface area contributed by atoms with Crippen LogP contribution >= 0.6 is 0 Å². The van der Waals surface area contributed by atoms with Crippen molar-refractivity contribution in [3.05, 3.63) is 30.1 Å². The van der Waals surface area contributed by atoms with Gasteiger partial charge in [0, 0.05) is 38.6 Å².